The lowest BCUT2D eigenvalue weighted by Crippen LogP contribution is -1.98. The molecule has 14 heavy (non-hydrogen) atoms. The second kappa shape index (κ2) is 5.54. The molecule has 0 aliphatic heterocycles. The zero-order chi connectivity index (χ0) is 10.4. The highest BCUT2D eigenvalue weighted by Gasteiger charge is 1.94. The van der Waals surface area contributed by atoms with Gasteiger partial charge in [0.25, 0.3) is 0 Å². The molecular weight excluding hydrogens is 246 g/mol. The van der Waals surface area contributed by atoms with Crippen LogP contribution in [-0.2, 0) is 9.53 Å². The van der Waals surface area contributed by atoms with Crippen LogP contribution in [0.15, 0.2) is 29.0 Å². The first kappa shape index (κ1) is 10.9. The van der Waals surface area contributed by atoms with Gasteiger partial charge in [-0.15, -0.1) is 0 Å². The topological polar surface area (TPSA) is 39.2 Å². The average molecular weight is 256 g/mol. The molecule has 0 N–H and O–H groups in total. The van der Waals surface area contributed by atoms with Gasteiger partial charge in [0.1, 0.15) is 0 Å². The molecule has 0 saturated heterocycles. The molecule has 0 bridgehead atoms. The van der Waals surface area contributed by atoms with E-state index in [1.807, 2.05) is 6.07 Å². The summed E-state index contributed by atoms with van der Waals surface area (Å²) >= 11 is 3.29. The Morgan fingerprint density at radius 3 is 3.07 bits per heavy atom. The van der Waals surface area contributed by atoms with E-state index in [0.29, 0.717) is 6.61 Å². The minimum absolute atomic E-state index is 0.340. The van der Waals surface area contributed by atoms with E-state index >= 15 is 0 Å². The summed E-state index contributed by atoms with van der Waals surface area (Å²) in [4.78, 5) is 14.9. The number of carbonyl (C=O) groups excluding carboxylic acids is 1. The highest BCUT2D eigenvalue weighted by molar-refractivity contribution is 9.10. The van der Waals surface area contributed by atoms with E-state index in [1.165, 1.54) is 6.08 Å². The Hall–Kier alpha value is -1.16. The largest absolute Gasteiger partial charge is 0.463 e. The van der Waals surface area contributed by atoms with Crippen LogP contribution in [0.4, 0.5) is 0 Å². The number of esters is 1. The summed E-state index contributed by atoms with van der Waals surface area (Å²) in [6.07, 6.45) is 6.39. The molecule has 0 aromatic carbocycles. The zero-order valence-corrected chi connectivity index (χ0v) is 9.32. The minimum Gasteiger partial charge on any atom is -0.463 e. The molecule has 1 heterocycles. The summed E-state index contributed by atoms with van der Waals surface area (Å²) in [6, 6.07) is 1.86. The van der Waals surface area contributed by atoms with Crippen LogP contribution in [0.2, 0.25) is 0 Å². The van der Waals surface area contributed by atoms with Gasteiger partial charge >= 0.3 is 5.97 Å². The van der Waals surface area contributed by atoms with Crippen molar-refractivity contribution in [3.63, 3.8) is 0 Å². The second-order valence-corrected chi connectivity index (χ2v) is 3.44. The predicted octanol–water partition coefficient (Wildman–Crippen LogP) is 2.42. The lowest BCUT2D eigenvalue weighted by molar-refractivity contribution is -0.137. The van der Waals surface area contributed by atoms with Gasteiger partial charge in [0.15, 0.2) is 0 Å². The smallest absolute Gasteiger partial charge is 0.330 e. The second-order valence-electron chi connectivity index (χ2n) is 2.52. The molecular formula is C10H10BrNO2. The molecule has 0 atom stereocenters. The standard InChI is InChI=1S/C10H10BrNO2/c1-2-14-10(13)4-3-8-5-9(11)7-12-6-8/h3-7H,2H2,1H3/b4-3-. The van der Waals surface area contributed by atoms with Gasteiger partial charge in [0.05, 0.1) is 6.61 Å². The molecule has 1 rings (SSSR count). The van der Waals surface area contributed by atoms with Gasteiger partial charge in [-0.2, -0.15) is 0 Å². The number of nitrogens with zero attached hydrogens (tertiary/aromatic N) is 1. The average Bonchev–Trinajstić information content (AvgIpc) is 2.15. The molecule has 0 unspecified atom stereocenters. The van der Waals surface area contributed by atoms with Crippen molar-refractivity contribution < 1.29 is 9.53 Å². The lowest BCUT2D eigenvalue weighted by Gasteiger charge is -1.95. The molecule has 0 fully saturated rings. The van der Waals surface area contributed by atoms with Crippen LogP contribution in [-0.4, -0.2) is 17.6 Å². The molecule has 74 valence electrons. The third kappa shape index (κ3) is 3.70. The first-order valence-corrected chi connectivity index (χ1v) is 4.97. The van der Waals surface area contributed by atoms with Gasteiger partial charge < -0.3 is 4.74 Å². The Morgan fingerprint density at radius 1 is 1.64 bits per heavy atom. The van der Waals surface area contributed by atoms with E-state index < -0.39 is 0 Å². The van der Waals surface area contributed by atoms with Gasteiger partial charge in [0.2, 0.25) is 0 Å². The molecule has 0 radical (unpaired) electrons. The van der Waals surface area contributed by atoms with E-state index in [4.69, 9.17) is 4.74 Å². The highest BCUT2D eigenvalue weighted by atomic mass is 79.9. The summed E-state index contributed by atoms with van der Waals surface area (Å²) in [6.45, 7) is 2.16. The van der Waals surface area contributed by atoms with Crippen LogP contribution in [0.1, 0.15) is 12.5 Å². The normalized spacial score (nSPS) is 10.4. The van der Waals surface area contributed by atoms with Gasteiger partial charge in [-0.1, -0.05) is 0 Å². The van der Waals surface area contributed by atoms with E-state index in [0.717, 1.165) is 10.0 Å². The Labute approximate surface area is 90.9 Å². The molecule has 0 aliphatic rings. The summed E-state index contributed by atoms with van der Waals surface area (Å²) in [5.74, 6) is -0.340. The van der Waals surface area contributed by atoms with Gasteiger partial charge in [0, 0.05) is 22.9 Å². The number of carbonyl (C=O) groups is 1. The van der Waals surface area contributed by atoms with Crippen molar-refractivity contribution >= 4 is 28.0 Å². The Morgan fingerprint density at radius 2 is 2.43 bits per heavy atom. The number of hydrogen-bond acceptors (Lipinski definition) is 3. The van der Waals surface area contributed by atoms with Crippen molar-refractivity contribution in [3.8, 4) is 0 Å². The summed E-state index contributed by atoms with van der Waals surface area (Å²) in [7, 11) is 0. The summed E-state index contributed by atoms with van der Waals surface area (Å²) in [5, 5.41) is 0. The first-order chi connectivity index (χ1) is 6.72. The van der Waals surface area contributed by atoms with Crippen molar-refractivity contribution in [2.24, 2.45) is 0 Å². The van der Waals surface area contributed by atoms with Gasteiger partial charge in [-0.3, -0.25) is 4.98 Å². The molecule has 1 aromatic heterocycles. The van der Waals surface area contributed by atoms with E-state index in [2.05, 4.69) is 20.9 Å². The minimum atomic E-state index is -0.340. The SMILES string of the molecule is CCOC(=O)/C=C\c1cncc(Br)c1. The van der Waals surface area contributed by atoms with E-state index in [-0.39, 0.29) is 5.97 Å². The van der Waals surface area contributed by atoms with Crippen LogP contribution in [0.25, 0.3) is 6.08 Å². The molecule has 4 heteroatoms. The first-order valence-electron chi connectivity index (χ1n) is 4.17. The van der Waals surface area contributed by atoms with Crippen molar-refractivity contribution in [3.05, 3.63) is 34.6 Å². The van der Waals surface area contributed by atoms with Crippen molar-refractivity contribution in [2.45, 2.75) is 6.92 Å². The zero-order valence-electron chi connectivity index (χ0n) is 7.74. The fraction of sp³-hybridized carbons (Fsp3) is 0.200. The predicted molar refractivity (Wildman–Crippen MR) is 57.6 cm³/mol. The van der Waals surface area contributed by atoms with Crippen LogP contribution in [0, 0.1) is 0 Å². The Bertz CT molecular complexity index is 350. The van der Waals surface area contributed by atoms with Crippen molar-refractivity contribution in [1.29, 1.82) is 0 Å². The summed E-state index contributed by atoms with van der Waals surface area (Å²) in [5.41, 5.74) is 0.854. The highest BCUT2D eigenvalue weighted by Crippen LogP contribution is 2.10. The third-order valence-corrected chi connectivity index (χ3v) is 1.86. The number of ether oxygens (including phenoxy) is 1. The summed E-state index contributed by atoms with van der Waals surface area (Å²) < 4.78 is 5.61. The van der Waals surface area contributed by atoms with E-state index in [1.54, 1.807) is 25.4 Å². The van der Waals surface area contributed by atoms with Crippen LogP contribution in [0.3, 0.4) is 0 Å². The molecule has 0 saturated carbocycles. The Kier molecular flexibility index (Phi) is 4.32. The van der Waals surface area contributed by atoms with Crippen LogP contribution in [0.5, 0.6) is 0 Å². The van der Waals surface area contributed by atoms with E-state index in [9.17, 15) is 4.79 Å². The number of pyridine rings is 1. The molecule has 1 aromatic rings. The van der Waals surface area contributed by atoms with Gasteiger partial charge in [-0.05, 0) is 40.6 Å². The number of aromatic nitrogens is 1. The maximum absolute atomic E-state index is 11.0. The molecule has 3 nitrogen and oxygen atoms in total. The third-order valence-electron chi connectivity index (χ3n) is 1.42. The number of rotatable bonds is 3. The fourth-order valence-electron chi connectivity index (χ4n) is 0.874. The maximum atomic E-state index is 11.0. The molecule has 0 amide bonds. The maximum Gasteiger partial charge on any atom is 0.330 e. The lowest BCUT2D eigenvalue weighted by atomic mass is 10.2. The van der Waals surface area contributed by atoms with Gasteiger partial charge in [-0.25, -0.2) is 4.79 Å². The quantitative estimate of drug-likeness (QED) is 0.615. The molecule has 0 aliphatic carbocycles. The Balaban J connectivity index is 2.64. The number of halogens is 1. The number of hydrogen-bond donors (Lipinski definition) is 0. The van der Waals surface area contributed by atoms with Crippen molar-refractivity contribution in [2.75, 3.05) is 6.61 Å². The monoisotopic (exact) mass is 255 g/mol. The van der Waals surface area contributed by atoms with Crippen LogP contribution < -0.4 is 0 Å². The van der Waals surface area contributed by atoms with Crippen molar-refractivity contribution in [1.82, 2.24) is 4.98 Å². The molecule has 0 spiro atoms. The fourth-order valence-corrected chi connectivity index (χ4v) is 1.26. The van der Waals surface area contributed by atoms with Crippen LogP contribution >= 0.6 is 15.9 Å².